The summed E-state index contributed by atoms with van der Waals surface area (Å²) in [6.45, 7) is 0. The number of nitrogens with zero attached hydrogens (tertiary/aromatic N) is 2. The van der Waals surface area contributed by atoms with Crippen LogP contribution in [0.2, 0.25) is 5.02 Å². The van der Waals surface area contributed by atoms with Crippen LogP contribution in [0.25, 0.3) is 28.7 Å². The van der Waals surface area contributed by atoms with Gasteiger partial charge in [0.05, 0.1) is 30.8 Å². The monoisotopic (exact) mass is 418 g/mol. The Morgan fingerprint density at radius 1 is 0.933 bits per heavy atom. The number of rotatable bonds is 5. The molecule has 0 N–H and O–H groups in total. The van der Waals surface area contributed by atoms with Gasteiger partial charge in [0.2, 0.25) is 0 Å². The van der Waals surface area contributed by atoms with Gasteiger partial charge in [0.15, 0.2) is 0 Å². The molecule has 0 atom stereocenters. The first kappa shape index (κ1) is 19.7. The first-order chi connectivity index (χ1) is 14.6. The van der Waals surface area contributed by atoms with Crippen molar-refractivity contribution in [3.63, 3.8) is 0 Å². The quantitative estimate of drug-likeness (QED) is 0.445. The molecule has 0 aliphatic heterocycles. The fraction of sp³-hybridized carbons (Fsp3) is 0.0833. The third kappa shape index (κ3) is 3.80. The lowest BCUT2D eigenvalue weighted by molar-refractivity contribution is 0.412. The van der Waals surface area contributed by atoms with Crippen LogP contribution >= 0.6 is 11.6 Å². The minimum Gasteiger partial charge on any atom is -0.497 e. The van der Waals surface area contributed by atoms with E-state index in [0.29, 0.717) is 33.2 Å². The molecular formula is C24H19ClN2O3. The SMILES string of the molecule is COc1ccc(C=Cc2nc3ccccc3c(=O)n2-c2cc(Cl)ccc2OC)cc1. The summed E-state index contributed by atoms with van der Waals surface area (Å²) in [5.74, 6) is 1.77. The van der Waals surface area contributed by atoms with Crippen LogP contribution in [0.1, 0.15) is 11.4 Å². The summed E-state index contributed by atoms with van der Waals surface area (Å²) < 4.78 is 12.2. The largest absolute Gasteiger partial charge is 0.497 e. The van der Waals surface area contributed by atoms with Gasteiger partial charge < -0.3 is 9.47 Å². The molecule has 4 rings (SSSR count). The van der Waals surface area contributed by atoms with Crippen LogP contribution in [0.3, 0.4) is 0 Å². The molecule has 30 heavy (non-hydrogen) atoms. The third-order valence-corrected chi connectivity index (χ3v) is 4.96. The van der Waals surface area contributed by atoms with E-state index in [2.05, 4.69) is 0 Å². The van der Waals surface area contributed by atoms with Crippen LogP contribution in [0.15, 0.2) is 71.5 Å². The van der Waals surface area contributed by atoms with Crippen molar-refractivity contribution >= 4 is 34.7 Å². The Morgan fingerprint density at radius 3 is 2.43 bits per heavy atom. The van der Waals surface area contributed by atoms with E-state index in [4.69, 9.17) is 26.1 Å². The summed E-state index contributed by atoms with van der Waals surface area (Å²) in [4.78, 5) is 18.1. The number of para-hydroxylation sites is 1. The molecule has 150 valence electrons. The zero-order valence-corrected chi connectivity index (χ0v) is 17.3. The topological polar surface area (TPSA) is 53.3 Å². The lowest BCUT2D eigenvalue weighted by Crippen LogP contribution is -2.22. The minimum atomic E-state index is -0.199. The Labute approximate surface area is 178 Å². The van der Waals surface area contributed by atoms with Gasteiger partial charge in [-0.3, -0.25) is 9.36 Å². The molecule has 0 amide bonds. The van der Waals surface area contributed by atoms with E-state index in [1.54, 1.807) is 44.6 Å². The summed E-state index contributed by atoms with van der Waals surface area (Å²) in [5, 5.41) is 1.01. The Balaban J connectivity index is 1.94. The molecule has 0 spiro atoms. The van der Waals surface area contributed by atoms with Crippen LogP contribution in [-0.4, -0.2) is 23.8 Å². The Bertz CT molecular complexity index is 1290. The number of benzene rings is 3. The molecule has 0 saturated carbocycles. The van der Waals surface area contributed by atoms with Crippen molar-refractivity contribution in [1.82, 2.24) is 9.55 Å². The summed E-state index contributed by atoms with van der Waals surface area (Å²) >= 11 is 6.23. The second kappa shape index (κ2) is 8.43. The van der Waals surface area contributed by atoms with Gasteiger partial charge in [-0.2, -0.15) is 0 Å². The highest BCUT2D eigenvalue weighted by Gasteiger charge is 2.15. The maximum atomic E-state index is 13.4. The van der Waals surface area contributed by atoms with Crippen molar-refractivity contribution < 1.29 is 9.47 Å². The molecule has 0 aliphatic rings. The van der Waals surface area contributed by atoms with Crippen LogP contribution < -0.4 is 15.0 Å². The number of hydrogen-bond acceptors (Lipinski definition) is 4. The van der Waals surface area contributed by atoms with Crippen molar-refractivity contribution in [3.05, 3.63) is 93.5 Å². The number of ether oxygens (including phenoxy) is 2. The maximum absolute atomic E-state index is 13.4. The predicted molar refractivity (Wildman–Crippen MR) is 121 cm³/mol. The molecule has 1 heterocycles. The minimum absolute atomic E-state index is 0.199. The molecule has 4 aromatic rings. The van der Waals surface area contributed by atoms with E-state index < -0.39 is 0 Å². The van der Waals surface area contributed by atoms with Gasteiger partial charge >= 0.3 is 0 Å². The smallest absolute Gasteiger partial charge is 0.266 e. The fourth-order valence-corrected chi connectivity index (χ4v) is 3.38. The second-order valence-electron chi connectivity index (χ2n) is 6.55. The molecule has 3 aromatic carbocycles. The average Bonchev–Trinajstić information content (AvgIpc) is 2.78. The zero-order chi connectivity index (χ0) is 21.1. The van der Waals surface area contributed by atoms with Crippen LogP contribution in [0.4, 0.5) is 0 Å². The second-order valence-corrected chi connectivity index (χ2v) is 6.99. The normalized spacial score (nSPS) is 11.2. The maximum Gasteiger partial charge on any atom is 0.266 e. The van der Waals surface area contributed by atoms with Gasteiger partial charge in [0, 0.05) is 5.02 Å². The summed E-state index contributed by atoms with van der Waals surface area (Å²) in [6.07, 6.45) is 3.69. The molecule has 0 saturated heterocycles. The first-order valence-corrected chi connectivity index (χ1v) is 9.66. The predicted octanol–water partition coefficient (Wildman–Crippen LogP) is 5.23. The van der Waals surface area contributed by atoms with Gasteiger partial charge in [0.25, 0.3) is 5.56 Å². The van der Waals surface area contributed by atoms with E-state index in [1.807, 2.05) is 48.5 Å². The lowest BCUT2D eigenvalue weighted by atomic mass is 10.2. The van der Waals surface area contributed by atoms with Crippen molar-refractivity contribution in [1.29, 1.82) is 0 Å². The molecule has 0 aliphatic carbocycles. The summed E-state index contributed by atoms with van der Waals surface area (Å²) in [7, 11) is 3.18. The summed E-state index contributed by atoms with van der Waals surface area (Å²) in [6, 6.07) is 20.0. The number of fused-ring (bicyclic) bond motifs is 1. The molecule has 0 bridgehead atoms. The highest BCUT2D eigenvalue weighted by Crippen LogP contribution is 2.27. The lowest BCUT2D eigenvalue weighted by Gasteiger charge is -2.15. The number of methoxy groups -OCH3 is 2. The van der Waals surface area contributed by atoms with Crippen LogP contribution in [-0.2, 0) is 0 Å². The molecule has 5 nitrogen and oxygen atoms in total. The van der Waals surface area contributed by atoms with Gasteiger partial charge in [-0.05, 0) is 54.1 Å². The van der Waals surface area contributed by atoms with E-state index in [1.165, 1.54) is 4.57 Å². The Morgan fingerprint density at radius 2 is 1.70 bits per heavy atom. The molecule has 6 heteroatoms. The average molecular weight is 419 g/mol. The third-order valence-electron chi connectivity index (χ3n) is 4.72. The van der Waals surface area contributed by atoms with Crippen LogP contribution in [0, 0.1) is 0 Å². The molecule has 1 aromatic heterocycles. The Hall–Kier alpha value is -3.57. The zero-order valence-electron chi connectivity index (χ0n) is 16.5. The highest BCUT2D eigenvalue weighted by molar-refractivity contribution is 6.30. The van der Waals surface area contributed by atoms with Crippen molar-refractivity contribution in [2.45, 2.75) is 0 Å². The molecule has 0 unspecified atom stereocenters. The van der Waals surface area contributed by atoms with Gasteiger partial charge in [-0.25, -0.2) is 4.98 Å². The van der Waals surface area contributed by atoms with Crippen LogP contribution in [0.5, 0.6) is 11.5 Å². The van der Waals surface area contributed by atoms with Crippen molar-refractivity contribution in [2.75, 3.05) is 14.2 Å². The summed E-state index contributed by atoms with van der Waals surface area (Å²) in [5.41, 5.74) is 1.90. The van der Waals surface area contributed by atoms with Crippen molar-refractivity contribution in [2.24, 2.45) is 0 Å². The van der Waals surface area contributed by atoms with Gasteiger partial charge in [-0.15, -0.1) is 0 Å². The van der Waals surface area contributed by atoms with E-state index in [-0.39, 0.29) is 5.56 Å². The van der Waals surface area contributed by atoms with Gasteiger partial charge in [-0.1, -0.05) is 41.9 Å². The number of aromatic nitrogens is 2. The first-order valence-electron chi connectivity index (χ1n) is 9.28. The number of hydrogen-bond donors (Lipinski definition) is 0. The standard InChI is InChI=1S/C24H19ClN2O3/c1-29-18-11-7-16(8-12-18)9-14-23-26-20-6-4-3-5-19(20)24(28)27(23)21-15-17(25)10-13-22(21)30-2/h3-15H,1-2H3. The molecule has 0 fully saturated rings. The van der Waals surface area contributed by atoms with E-state index >= 15 is 0 Å². The fourth-order valence-electron chi connectivity index (χ4n) is 3.22. The van der Waals surface area contributed by atoms with Gasteiger partial charge in [0.1, 0.15) is 17.3 Å². The molecule has 0 radical (unpaired) electrons. The molecular weight excluding hydrogens is 400 g/mol. The Kier molecular flexibility index (Phi) is 5.55. The van der Waals surface area contributed by atoms with E-state index in [9.17, 15) is 4.79 Å². The number of halogens is 1. The highest BCUT2D eigenvalue weighted by atomic mass is 35.5. The van der Waals surface area contributed by atoms with Crippen molar-refractivity contribution in [3.8, 4) is 17.2 Å². The van der Waals surface area contributed by atoms with E-state index in [0.717, 1.165) is 11.3 Å².